The Labute approximate surface area is 116 Å². The summed E-state index contributed by atoms with van der Waals surface area (Å²) in [7, 11) is 0. The Kier molecular flexibility index (Phi) is 4.06. The minimum absolute atomic E-state index is 0.100. The molecule has 0 saturated heterocycles. The summed E-state index contributed by atoms with van der Waals surface area (Å²) in [5.74, 6) is -0.424. The highest BCUT2D eigenvalue weighted by atomic mass is 79.9. The molecule has 0 fully saturated rings. The van der Waals surface area contributed by atoms with E-state index in [1.165, 1.54) is 18.3 Å². The number of nitro benzene ring substituents is 1. The van der Waals surface area contributed by atoms with E-state index >= 15 is 0 Å². The van der Waals surface area contributed by atoms with Crippen molar-refractivity contribution in [3.63, 3.8) is 0 Å². The average Bonchev–Trinajstić information content (AvgIpc) is 2.39. The van der Waals surface area contributed by atoms with Gasteiger partial charge in [-0.3, -0.25) is 10.1 Å². The molecule has 7 heteroatoms. The maximum atomic E-state index is 13.7. The third kappa shape index (κ3) is 3.25. The third-order valence-electron chi connectivity index (χ3n) is 2.35. The summed E-state index contributed by atoms with van der Waals surface area (Å²) in [6.45, 7) is -0.100. The SMILES string of the molecule is O=[N+]([O-])c1cccc(COc2ccc(Br)nc2)c1F. The first-order valence-corrected chi connectivity index (χ1v) is 6.03. The predicted molar refractivity (Wildman–Crippen MR) is 69.3 cm³/mol. The number of hydrogen-bond acceptors (Lipinski definition) is 4. The van der Waals surface area contributed by atoms with Crippen molar-refractivity contribution >= 4 is 21.6 Å². The second-order valence-electron chi connectivity index (χ2n) is 3.61. The molecule has 0 unspecified atom stereocenters. The molecule has 0 aliphatic rings. The van der Waals surface area contributed by atoms with E-state index in [-0.39, 0.29) is 12.2 Å². The van der Waals surface area contributed by atoms with Crippen molar-refractivity contribution in [2.45, 2.75) is 6.61 Å². The fourth-order valence-electron chi connectivity index (χ4n) is 1.43. The van der Waals surface area contributed by atoms with Gasteiger partial charge < -0.3 is 4.74 Å². The van der Waals surface area contributed by atoms with E-state index in [2.05, 4.69) is 20.9 Å². The molecule has 1 aromatic heterocycles. The van der Waals surface area contributed by atoms with Gasteiger partial charge in [-0.1, -0.05) is 12.1 Å². The lowest BCUT2D eigenvalue weighted by molar-refractivity contribution is -0.387. The fourth-order valence-corrected chi connectivity index (χ4v) is 1.66. The fraction of sp³-hybridized carbons (Fsp3) is 0.0833. The molecular formula is C12H8BrFN2O3. The second-order valence-corrected chi connectivity index (χ2v) is 4.43. The Morgan fingerprint density at radius 1 is 1.37 bits per heavy atom. The van der Waals surface area contributed by atoms with Gasteiger partial charge in [0.05, 0.1) is 11.1 Å². The van der Waals surface area contributed by atoms with Crippen molar-refractivity contribution in [3.8, 4) is 5.75 Å². The van der Waals surface area contributed by atoms with E-state index in [0.29, 0.717) is 10.4 Å². The standard InChI is InChI=1S/C12H8BrFN2O3/c13-11-5-4-9(6-15-11)19-7-8-2-1-3-10(12(8)14)16(17)18/h1-6H,7H2. The van der Waals surface area contributed by atoms with E-state index in [9.17, 15) is 14.5 Å². The summed E-state index contributed by atoms with van der Waals surface area (Å²) >= 11 is 3.18. The minimum atomic E-state index is -0.877. The monoisotopic (exact) mass is 326 g/mol. The van der Waals surface area contributed by atoms with Crippen LogP contribution >= 0.6 is 15.9 Å². The summed E-state index contributed by atoms with van der Waals surface area (Å²) in [5, 5.41) is 10.6. The highest BCUT2D eigenvalue weighted by molar-refractivity contribution is 9.10. The molecule has 1 heterocycles. The molecule has 2 aromatic rings. The molecule has 98 valence electrons. The number of rotatable bonds is 4. The number of nitrogens with zero attached hydrogens (tertiary/aromatic N) is 2. The largest absolute Gasteiger partial charge is 0.487 e. The molecule has 5 nitrogen and oxygen atoms in total. The number of nitro groups is 1. The van der Waals surface area contributed by atoms with Gasteiger partial charge >= 0.3 is 5.69 Å². The molecule has 0 bridgehead atoms. The molecule has 0 atom stereocenters. The molecule has 1 aromatic carbocycles. The van der Waals surface area contributed by atoms with Crippen LogP contribution in [-0.2, 0) is 6.61 Å². The molecular weight excluding hydrogens is 319 g/mol. The van der Waals surface area contributed by atoms with Crippen molar-refractivity contribution in [3.05, 3.63) is 62.6 Å². The molecule has 2 rings (SSSR count). The van der Waals surface area contributed by atoms with Gasteiger partial charge in [0.2, 0.25) is 5.82 Å². The van der Waals surface area contributed by atoms with Gasteiger partial charge in [-0.2, -0.15) is 4.39 Å². The lowest BCUT2D eigenvalue weighted by Crippen LogP contribution is -2.02. The van der Waals surface area contributed by atoms with Crippen molar-refractivity contribution in [2.24, 2.45) is 0 Å². The molecule has 0 N–H and O–H groups in total. The van der Waals surface area contributed by atoms with Gasteiger partial charge in [-0.15, -0.1) is 0 Å². The first-order chi connectivity index (χ1) is 9.08. The number of ether oxygens (including phenoxy) is 1. The maximum absolute atomic E-state index is 13.7. The van der Waals surface area contributed by atoms with Crippen molar-refractivity contribution in [1.29, 1.82) is 0 Å². The Morgan fingerprint density at radius 2 is 2.16 bits per heavy atom. The number of halogens is 2. The lowest BCUT2D eigenvalue weighted by Gasteiger charge is -2.06. The smallest absolute Gasteiger partial charge is 0.305 e. The second kappa shape index (κ2) is 5.75. The van der Waals surface area contributed by atoms with Gasteiger partial charge in [0.25, 0.3) is 0 Å². The van der Waals surface area contributed by atoms with Crippen molar-refractivity contribution in [1.82, 2.24) is 4.98 Å². The Hall–Kier alpha value is -2.02. The quantitative estimate of drug-likeness (QED) is 0.490. The van der Waals surface area contributed by atoms with Crippen molar-refractivity contribution in [2.75, 3.05) is 0 Å². The van der Waals surface area contributed by atoms with Crippen LogP contribution in [0.15, 0.2) is 41.1 Å². The van der Waals surface area contributed by atoms with E-state index in [0.717, 1.165) is 6.07 Å². The van der Waals surface area contributed by atoms with Crippen LogP contribution in [-0.4, -0.2) is 9.91 Å². The molecule has 0 spiro atoms. The van der Waals surface area contributed by atoms with Gasteiger partial charge in [-0.05, 0) is 28.1 Å². The Morgan fingerprint density at radius 3 is 2.79 bits per heavy atom. The topological polar surface area (TPSA) is 65.3 Å². The summed E-state index contributed by atoms with van der Waals surface area (Å²) < 4.78 is 19.7. The number of hydrogen-bond donors (Lipinski definition) is 0. The van der Waals surface area contributed by atoms with Crippen LogP contribution in [0, 0.1) is 15.9 Å². The summed E-state index contributed by atoms with van der Waals surface area (Å²) in [4.78, 5) is 13.8. The van der Waals surface area contributed by atoms with Crippen molar-refractivity contribution < 1.29 is 14.1 Å². The van der Waals surface area contributed by atoms with Crippen LogP contribution < -0.4 is 4.74 Å². The molecule has 19 heavy (non-hydrogen) atoms. The number of pyridine rings is 1. The Balaban J connectivity index is 2.13. The van der Waals surface area contributed by atoms with E-state index in [1.807, 2.05) is 0 Å². The number of benzene rings is 1. The minimum Gasteiger partial charge on any atom is -0.487 e. The summed E-state index contributed by atoms with van der Waals surface area (Å²) in [6, 6.07) is 7.31. The van der Waals surface area contributed by atoms with Crippen LogP contribution in [0.4, 0.5) is 10.1 Å². The predicted octanol–water partition coefficient (Wildman–Crippen LogP) is 3.47. The first kappa shape index (κ1) is 13.4. The summed E-state index contributed by atoms with van der Waals surface area (Å²) in [6.07, 6.45) is 1.47. The zero-order valence-electron chi connectivity index (χ0n) is 9.55. The molecule has 0 aliphatic carbocycles. The zero-order valence-corrected chi connectivity index (χ0v) is 11.1. The summed E-state index contributed by atoms with van der Waals surface area (Å²) in [5.41, 5.74) is -0.438. The molecule has 0 amide bonds. The van der Waals surface area contributed by atoms with Gasteiger partial charge in [0, 0.05) is 11.6 Å². The van der Waals surface area contributed by atoms with Gasteiger partial charge in [0.1, 0.15) is 17.0 Å². The van der Waals surface area contributed by atoms with E-state index in [4.69, 9.17) is 4.74 Å². The molecule has 0 radical (unpaired) electrons. The highest BCUT2D eigenvalue weighted by Crippen LogP contribution is 2.22. The highest BCUT2D eigenvalue weighted by Gasteiger charge is 2.17. The van der Waals surface area contributed by atoms with Crippen LogP contribution in [0.1, 0.15) is 5.56 Å². The Bertz CT molecular complexity index is 604. The average molecular weight is 327 g/mol. The molecule has 0 aliphatic heterocycles. The first-order valence-electron chi connectivity index (χ1n) is 5.24. The van der Waals surface area contributed by atoms with Crippen LogP contribution in [0.25, 0.3) is 0 Å². The third-order valence-corrected chi connectivity index (χ3v) is 2.82. The van der Waals surface area contributed by atoms with Crippen LogP contribution in [0.2, 0.25) is 0 Å². The van der Waals surface area contributed by atoms with E-state index in [1.54, 1.807) is 12.1 Å². The maximum Gasteiger partial charge on any atom is 0.305 e. The van der Waals surface area contributed by atoms with Gasteiger partial charge in [-0.25, -0.2) is 4.98 Å². The molecule has 0 saturated carbocycles. The zero-order chi connectivity index (χ0) is 13.8. The van der Waals surface area contributed by atoms with E-state index < -0.39 is 16.4 Å². The van der Waals surface area contributed by atoms with Crippen LogP contribution in [0.3, 0.4) is 0 Å². The normalized spacial score (nSPS) is 10.2. The van der Waals surface area contributed by atoms with Gasteiger partial charge in [0.15, 0.2) is 0 Å². The van der Waals surface area contributed by atoms with Crippen LogP contribution in [0.5, 0.6) is 5.75 Å². The number of aromatic nitrogens is 1. The lowest BCUT2D eigenvalue weighted by atomic mass is 10.2.